The van der Waals surface area contributed by atoms with Crippen molar-refractivity contribution in [3.63, 3.8) is 0 Å². The van der Waals surface area contributed by atoms with Crippen molar-refractivity contribution in [3.8, 4) is 28.2 Å². The third-order valence-electron chi connectivity index (χ3n) is 5.79. The van der Waals surface area contributed by atoms with Gasteiger partial charge in [0, 0.05) is 46.5 Å². The van der Waals surface area contributed by atoms with Crippen molar-refractivity contribution in [1.29, 1.82) is 0 Å². The van der Waals surface area contributed by atoms with Gasteiger partial charge in [0.1, 0.15) is 11.5 Å². The van der Waals surface area contributed by atoms with Crippen molar-refractivity contribution in [3.05, 3.63) is 88.3 Å². The molecule has 0 amide bonds. The fourth-order valence-corrected chi connectivity index (χ4v) is 6.62. The normalized spacial score (nSPS) is 12.1. The Morgan fingerprint density at radius 2 is 1.56 bits per heavy atom. The molecule has 1 unspecified atom stereocenters. The molecule has 4 aromatic rings. The fraction of sp³-hybridized carbons (Fsp3) is 0.258. The molecule has 0 aliphatic rings. The first-order chi connectivity index (χ1) is 18.3. The number of carbonyl (C=O) groups is 1. The van der Waals surface area contributed by atoms with Crippen molar-refractivity contribution in [2.24, 2.45) is 0 Å². The molecule has 8 heteroatoms. The summed E-state index contributed by atoms with van der Waals surface area (Å²) >= 11 is 0. The number of alkyl halides is 3. The van der Waals surface area contributed by atoms with E-state index in [1.807, 2.05) is 19.9 Å². The molecule has 0 saturated heterocycles. The van der Waals surface area contributed by atoms with Crippen LogP contribution < -0.4 is 9.47 Å². The molecule has 0 saturated carbocycles. The number of halogens is 3. The van der Waals surface area contributed by atoms with Gasteiger partial charge in [-0.1, -0.05) is 24.0 Å². The Morgan fingerprint density at radius 1 is 0.923 bits per heavy atom. The number of benzene rings is 3. The molecule has 202 valence electrons. The Morgan fingerprint density at radius 3 is 2.21 bits per heavy atom. The van der Waals surface area contributed by atoms with E-state index in [2.05, 4.69) is 59.9 Å². The average Bonchev–Trinajstić information content (AvgIpc) is 3.17. The lowest BCUT2D eigenvalue weighted by Crippen LogP contribution is -2.29. The zero-order chi connectivity index (χ0) is 28.4. The second kappa shape index (κ2) is 11.0. The summed E-state index contributed by atoms with van der Waals surface area (Å²) in [5.41, 5.74) is 1.17. The molecule has 1 aromatic heterocycles. The Bertz CT molecular complexity index is 1550. The van der Waals surface area contributed by atoms with Crippen molar-refractivity contribution in [2.75, 3.05) is 6.61 Å². The zero-order valence-electron chi connectivity index (χ0n) is 22.2. The molecule has 39 heavy (non-hydrogen) atoms. The van der Waals surface area contributed by atoms with Crippen molar-refractivity contribution in [1.82, 2.24) is 0 Å². The number of thiophene rings is 1. The van der Waals surface area contributed by atoms with Gasteiger partial charge in [-0.25, -0.2) is 4.79 Å². The van der Waals surface area contributed by atoms with Gasteiger partial charge in [-0.05, 0) is 75.2 Å². The fourth-order valence-electron chi connectivity index (χ4n) is 4.24. The van der Waals surface area contributed by atoms with Gasteiger partial charge >= 0.3 is 12.3 Å². The van der Waals surface area contributed by atoms with Gasteiger partial charge in [0.2, 0.25) is 0 Å². The predicted molar refractivity (Wildman–Crippen MR) is 148 cm³/mol. The standard InChI is InChI=1S/C31H28F3O4S/c1-20-16-26(39-22(3)18-24-8-6-7-9-27(24)39)17-21(2)29(20)36-19-28(35)38-30(4,5)15-14-23-10-12-25(13-11-23)37-31(32,33)34/h6-13,16-18H,19H2,1-5H3/q+1. The van der Waals surface area contributed by atoms with E-state index >= 15 is 0 Å². The summed E-state index contributed by atoms with van der Waals surface area (Å²) in [6, 6.07) is 20.0. The topological polar surface area (TPSA) is 44.8 Å². The number of fused-ring (bicyclic) bond motifs is 1. The third-order valence-corrected chi connectivity index (χ3v) is 8.07. The first-order valence-corrected chi connectivity index (χ1v) is 13.4. The number of hydrogen-bond acceptors (Lipinski definition) is 4. The number of aryl methyl sites for hydroxylation is 3. The molecule has 0 aliphatic heterocycles. The number of hydrogen-bond donors (Lipinski definition) is 0. The molecule has 0 fully saturated rings. The predicted octanol–water partition coefficient (Wildman–Crippen LogP) is 8.15. The highest BCUT2D eigenvalue weighted by Gasteiger charge is 2.31. The van der Waals surface area contributed by atoms with Gasteiger partial charge in [-0.15, -0.1) is 13.2 Å². The van der Waals surface area contributed by atoms with Crippen molar-refractivity contribution in [2.45, 2.75) is 46.6 Å². The lowest BCUT2D eigenvalue weighted by atomic mass is 10.1. The molecular weight excluding hydrogens is 525 g/mol. The lowest BCUT2D eigenvalue weighted by Gasteiger charge is -2.19. The first kappa shape index (κ1) is 28.1. The maximum absolute atomic E-state index is 12.6. The van der Waals surface area contributed by atoms with Crippen molar-refractivity contribution >= 4 is 26.5 Å². The number of carbonyl (C=O) groups excluding carboxylic acids is 1. The monoisotopic (exact) mass is 553 g/mol. The third kappa shape index (κ3) is 7.12. The van der Waals surface area contributed by atoms with Crippen LogP contribution in [0, 0.1) is 32.6 Å². The summed E-state index contributed by atoms with van der Waals surface area (Å²) in [5.74, 6) is 5.35. The molecular formula is C31H28F3O4S+. The van der Waals surface area contributed by atoms with E-state index in [1.54, 1.807) is 13.8 Å². The molecule has 0 radical (unpaired) electrons. The second-order valence-electron chi connectivity index (χ2n) is 9.58. The van der Waals surface area contributed by atoms with E-state index in [1.165, 1.54) is 44.1 Å². The van der Waals surface area contributed by atoms with Gasteiger partial charge < -0.3 is 14.2 Å². The second-order valence-corrected chi connectivity index (χ2v) is 11.7. The molecule has 4 rings (SSSR count). The lowest BCUT2D eigenvalue weighted by molar-refractivity contribution is -0.274. The van der Waals surface area contributed by atoms with Crippen LogP contribution in [0.2, 0.25) is 0 Å². The van der Waals surface area contributed by atoms with Gasteiger partial charge in [0.25, 0.3) is 0 Å². The molecule has 3 aromatic carbocycles. The Hall–Kier alpha value is -3.96. The van der Waals surface area contributed by atoms with Crippen LogP contribution in [0.5, 0.6) is 11.5 Å². The molecule has 1 atom stereocenters. The minimum absolute atomic E-state index is 0.148. The molecule has 0 aliphatic carbocycles. The van der Waals surface area contributed by atoms with Crippen LogP contribution in [0.4, 0.5) is 13.2 Å². The summed E-state index contributed by atoms with van der Waals surface area (Å²) in [6.07, 6.45) is -4.76. The molecule has 1 heterocycles. The maximum atomic E-state index is 12.6. The minimum atomic E-state index is -4.76. The molecule has 0 bridgehead atoms. The van der Waals surface area contributed by atoms with E-state index in [0.29, 0.717) is 11.3 Å². The number of esters is 1. The van der Waals surface area contributed by atoms with Gasteiger partial charge in [-0.3, -0.25) is 0 Å². The van der Waals surface area contributed by atoms with Crippen LogP contribution in [0.3, 0.4) is 0 Å². The Labute approximate surface area is 228 Å². The van der Waals surface area contributed by atoms with E-state index < -0.39 is 17.9 Å². The van der Waals surface area contributed by atoms with Crippen molar-refractivity contribution < 1.29 is 32.2 Å². The molecule has 0 spiro atoms. The highest BCUT2D eigenvalue weighted by Crippen LogP contribution is 2.45. The molecule has 4 nitrogen and oxygen atoms in total. The first-order valence-electron chi connectivity index (χ1n) is 12.2. The number of rotatable bonds is 6. The SMILES string of the molecule is Cc1cc(-[s+]2c(C)cc3ccccc32)cc(C)c1OCC(=O)OC(C)(C)C#Cc1ccc(OC(F)(F)F)cc1. The maximum Gasteiger partial charge on any atom is 0.573 e. The summed E-state index contributed by atoms with van der Waals surface area (Å²) in [7, 11) is -0.148. The van der Waals surface area contributed by atoms with E-state index in [0.717, 1.165) is 11.1 Å². The van der Waals surface area contributed by atoms with E-state index in [-0.39, 0.29) is 22.8 Å². The van der Waals surface area contributed by atoms with Crippen LogP contribution >= 0.6 is 10.5 Å². The Kier molecular flexibility index (Phi) is 7.94. The van der Waals surface area contributed by atoms with Gasteiger partial charge in [0.05, 0.1) is 0 Å². The van der Waals surface area contributed by atoms with Crippen LogP contribution in [-0.4, -0.2) is 24.5 Å². The van der Waals surface area contributed by atoms with E-state index in [9.17, 15) is 18.0 Å². The minimum Gasteiger partial charge on any atom is -0.481 e. The highest BCUT2D eigenvalue weighted by molar-refractivity contribution is 7.45. The highest BCUT2D eigenvalue weighted by atomic mass is 32.2. The van der Waals surface area contributed by atoms with Crippen LogP contribution in [0.25, 0.3) is 15.0 Å². The molecule has 0 N–H and O–H groups in total. The largest absolute Gasteiger partial charge is 0.573 e. The summed E-state index contributed by atoms with van der Waals surface area (Å²) in [6.45, 7) is 9.03. The summed E-state index contributed by atoms with van der Waals surface area (Å²) in [4.78, 5) is 15.1. The van der Waals surface area contributed by atoms with E-state index in [4.69, 9.17) is 9.47 Å². The summed E-state index contributed by atoms with van der Waals surface area (Å²) in [5, 5.41) is 1.25. The van der Waals surface area contributed by atoms with Gasteiger partial charge in [0.15, 0.2) is 26.7 Å². The van der Waals surface area contributed by atoms with Crippen LogP contribution in [-0.2, 0) is 9.53 Å². The Balaban J connectivity index is 1.40. The smallest absolute Gasteiger partial charge is 0.481 e. The quantitative estimate of drug-likeness (QED) is 0.137. The van der Waals surface area contributed by atoms with Gasteiger partial charge in [-0.2, -0.15) is 0 Å². The average molecular weight is 554 g/mol. The zero-order valence-corrected chi connectivity index (χ0v) is 23.0. The number of ether oxygens (including phenoxy) is 3. The van der Waals surface area contributed by atoms with Crippen LogP contribution in [0.1, 0.15) is 35.4 Å². The van der Waals surface area contributed by atoms with Crippen LogP contribution in [0.15, 0.2) is 66.7 Å². The summed E-state index contributed by atoms with van der Waals surface area (Å²) < 4.78 is 53.5.